The number of hydrogen-bond acceptors (Lipinski definition) is 5. The summed E-state index contributed by atoms with van der Waals surface area (Å²) in [4.78, 5) is 11.7. The molecule has 0 spiro atoms. The summed E-state index contributed by atoms with van der Waals surface area (Å²) < 4.78 is 7.68. The van der Waals surface area contributed by atoms with Gasteiger partial charge in [-0.15, -0.1) is 0 Å². The SMILES string of the molecule is N[C@@H]1CCCC[C@H]1NC(=O)c1cnsn1. The quantitative estimate of drug-likeness (QED) is 0.771. The first-order valence-corrected chi connectivity index (χ1v) is 5.84. The zero-order valence-electron chi connectivity index (χ0n) is 8.35. The molecule has 0 unspecified atom stereocenters. The molecule has 2 atom stereocenters. The lowest BCUT2D eigenvalue weighted by Gasteiger charge is -2.28. The molecule has 82 valence electrons. The van der Waals surface area contributed by atoms with Crippen molar-refractivity contribution in [2.45, 2.75) is 37.8 Å². The Bertz CT molecular complexity index is 327. The molecule has 1 amide bonds. The van der Waals surface area contributed by atoms with Crippen LogP contribution in [0.5, 0.6) is 0 Å². The van der Waals surface area contributed by atoms with Crippen LogP contribution in [0.15, 0.2) is 6.20 Å². The van der Waals surface area contributed by atoms with Crippen LogP contribution in [0.1, 0.15) is 36.2 Å². The number of nitrogens with two attached hydrogens (primary N) is 1. The van der Waals surface area contributed by atoms with Gasteiger partial charge in [0.15, 0.2) is 5.69 Å². The van der Waals surface area contributed by atoms with Crippen molar-refractivity contribution < 1.29 is 4.79 Å². The second kappa shape index (κ2) is 4.67. The first kappa shape index (κ1) is 10.5. The Hall–Kier alpha value is -1.01. The van der Waals surface area contributed by atoms with Gasteiger partial charge in [0.2, 0.25) is 0 Å². The molecule has 15 heavy (non-hydrogen) atoms. The smallest absolute Gasteiger partial charge is 0.272 e. The summed E-state index contributed by atoms with van der Waals surface area (Å²) in [5, 5.41) is 2.91. The number of carbonyl (C=O) groups is 1. The van der Waals surface area contributed by atoms with Gasteiger partial charge in [-0.2, -0.15) is 8.75 Å². The monoisotopic (exact) mass is 226 g/mol. The minimum absolute atomic E-state index is 0.0781. The van der Waals surface area contributed by atoms with Crippen molar-refractivity contribution >= 4 is 17.6 Å². The zero-order chi connectivity index (χ0) is 10.7. The Kier molecular flexibility index (Phi) is 3.27. The molecule has 1 aliphatic rings. The third kappa shape index (κ3) is 2.51. The predicted octanol–water partition coefficient (Wildman–Crippen LogP) is 0.538. The van der Waals surface area contributed by atoms with Gasteiger partial charge in [0.05, 0.1) is 17.9 Å². The van der Waals surface area contributed by atoms with Gasteiger partial charge in [0, 0.05) is 12.1 Å². The lowest BCUT2D eigenvalue weighted by molar-refractivity contribution is 0.0917. The first-order chi connectivity index (χ1) is 7.27. The van der Waals surface area contributed by atoms with Crippen molar-refractivity contribution in [3.63, 3.8) is 0 Å². The predicted molar refractivity (Wildman–Crippen MR) is 57.6 cm³/mol. The highest BCUT2D eigenvalue weighted by Gasteiger charge is 2.24. The molecule has 1 aromatic heterocycles. The molecule has 1 aliphatic carbocycles. The fourth-order valence-electron chi connectivity index (χ4n) is 1.85. The highest BCUT2D eigenvalue weighted by molar-refractivity contribution is 6.99. The van der Waals surface area contributed by atoms with Gasteiger partial charge < -0.3 is 11.1 Å². The third-order valence-corrected chi connectivity index (χ3v) is 3.21. The third-order valence-electron chi connectivity index (χ3n) is 2.73. The lowest BCUT2D eigenvalue weighted by atomic mass is 9.91. The van der Waals surface area contributed by atoms with Crippen LogP contribution in [-0.4, -0.2) is 26.7 Å². The van der Waals surface area contributed by atoms with E-state index in [9.17, 15) is 4.79 Å². The van der Waals surface area contributed by atoms with Crippen LogP contribution in [-0.2, 0) is 0 Å². The van der Waals surface area contributed by atoms with Crippen molar-refractivity contribution in [3.8, 4) is 0 Å². The maximum atomic E-state index is 11.7. The summed E-state index contributed by atoms with van der Waals surface area (Å²) in [7, 11) is 0. The summed E-state index contributed by atoms with van der Waals surface area (Å²) in [6.45, 7) is 0. The molecular formula is C9H14N4OS. The molecule has 5 nitrogen and oxygen atoms in total. The molecule has 0 saturated heterocycles. The van der Waals surface area contributed by atoms with Gasteiger partial charge in [0.1, 0.15) is 0 Å². The van der Waals surface area contributed by atoms with Crippen LogP contribution in [0.2, 0.25) is 0 Å². The standard InChI is InChI=1S/C9H14N4OS/c10-6-3-1-2-4-7(6)12-9(14)8-5-11-15-13-8/h5-7H,1-4,10H2,(H,12,14)/t6-,7-/m1/s1. The number of carbonyl (C=O) groups excluding carboxylic acids is 1. The number of rotatable bonds is 2. The van der Waals surface area contributed by atoms with E-state index in [-0.39, 0.29) is 18.0 Å². The summed E-state index contributed by atoms with van der Waals surface area (Å²) in [6, 6.07) is 0.169. The van der Waals surface area contributed by atoms with Gasteiger partial charge in [0.25, 0.3) is 5.91 Å². The number of nitrogens with zero attached hydrogens (tertiary/aromatic N) is 2. The second-order valence-corrected chi connectivity index (χ2v) is 4.38. The van der Waals surface area contributed by atoms with Crippen LogP contribution in [0.4, 0.5) is 0 Å². The lowest BCUT2D eigenvalue weighted by Crippen LogP contribution is -2.49. The van der Waals surface area contributed by atoms with Crippen molar-refractivity contribution in [3.05, 3.63) is 11.9 Å². The average Bonchev–Trinajstić information content (AvgIpc) is 2.74. The molecule has 3 N–H and O–H groups in total. The topological polar surface area (TPSA) is 80.9 Å². The normalized spacial score (nSPS) is 26.2. The van der Waals surface area contributed by atoms with Crippen molar-refractivity contribution in [1.29, 1.82) is 0 Å². The van der Waals surface area contributed by atoms with Crippen molar-refractivity contribution in [1.82, 2.24) is 14.1 Å². The van der Waals surface area contributed by atoms with E-state index in [1.54, 1.807) is 0 Å². The Balaban J connectivity index is 1.93. The molecule has 6 heteroatoms. The number of aromatic nitrogens is 2. The summed E-state index contributed by atoms with van der Waals surface area (Å²) in [5.41, 5.74) is 6.32. The Morgan fingerprint density at radius 3 is 3.00 bits per heavy atom. The van der Waals surface area contributed by atoms with Crippen LogP contribution in [0.25, 0.3) is 0 Å². The highest BCUT2D eigenvalue weighted by atomic mass is 32.1. The summed E-state index contributed by atoms with van der Waals surface area (Å²) in [5.74, 6) is -0.161. The van der Waals surface area contributed by atoms with E-state index >= 15 is 0 Å². The van der Waals surface area contributed by atoms with Gasteiger partial charge in [-0.25, -0.2) is 0 Å². The van der Waals surface area contributed by atoms with Gasteiger partial charge in [-0.1, -0.05) is 12.8 Å². The van der Waals surface area contributed by atoms with E-state index in [0.717, 1.165) is 37.4 Å². The molecule has 1 fully saturated rings. The molecule has 0 aliphatic heterocycles. The summed E-state index contributed by atoms with van der Waals surface area (Å²) >= 11 is 1.04. The van der Waals surface area contributed by atoms with Crippen LogP contribution in [0.3, 0.4) is 0 Å². The van der Waals surface area contributed by atoms with E-state index in [2.05, 4.69) is 14.1 Å². The van der Waals surface area contributed by atoms with E-state index in [4.69, 9.17) is 5.73 Å². The minimum Gasteiger partial charge on any atom is -0.346 e. The Morgan fingerprint density at radius 1 is 1.53 bits per heavy atom. The minimum atomic E-state index is -0.161. The average molecular weight is 226 g/mol. The molecule has 0 aromatic carbocycles. The number of amides is 1. The second-order valence-electron chi connectivity index (χ2n) is 3.82. The van der Waals surface area contributed by atoms with Crippen LogP contribution < -0.4 is 11.1 Å². The van der Waals surface area contributed by atoms with Gasteiger partial charge in [-0.3, -0.25) is 4.79 Å². The maximum absolute atomic E-state index is 11.7. The molecular weight excluding hydrogens is 212 g/mol. The number of nitrogens with one attached hydrogen (secondary N) is 1. The molecule has 0 bridgehead atoms. The zero-order valence-corrected chi connectivity index (χ0v) is 9.17. The molecule has 2 rings (SSSR count). The van der Waals surface area contributed by atoms with Gasteiger partial charge >= 0.3 is 0 Å². The first-order valence-electron chi connectivity index (χ1n) is 5.11. The Labute approximate surface area is 92.4 Å². The summed E-state index contributed by atoms with van der Waals surface area (Å²) in [6.07, 6.45) is 5.72. The molecule has 0 radical (unpaired) electrons. The van der Waals surface area contributed by atoms with E-state index in [0.29, 0.717) is 5.69 Å². The fourth-order valence-corrected chi connectivity index (χ4v) is 2.26. The molecule has 1 saturated carbocycles. The van der Waals surface area contributed by atoms with E-state index in [1.807, 2.05) is 0 Å². The maximum Gasteiger partial charge on any atom is 0.272 e. The molecule has 1 heterocycles. The van der Waals surface area contributed by atoms with Crippen LogP contribution >= 0.6 is 11.7 Å². The van der Waals surface area contributed by atoms with E-state index < -0.39 is 0 Å². The van der Waals surface area contributed by atoms with E-state index in [1.165, 1.54) is 6.20 Å². The van der Waals surface area contributed by atoms with Gasteiger partial charge in [-0.05, 0) is 12.8 Å². The van der Waals surface area contributed by atoms with Crippen molar-refractivity contribution in [2.24, 2.45) is 5.73 Å². The van der Waals surface area contributed by atoms with Crippen LogP contribution in [0, 0.1) is 0 Å². The molecule has 1 aromatic rings. The highest BCUT2D eigenvalue weighted by Crippen LogP contribution is 2.17. The number of hydrogen-bond donors (Lipinski definition) is 2. The largest absolute Gasteiger partial charge is 0.346 e. The Morgan fingerprint density at radius 2 is 2.33 bits per heavy atom. The van der Waals surface area contributed by atoms with Crippen molar-refractivity contribution in [2.75, 3.05) is 0 Å². The fraction of sp³-hybridized carbons (Fsp3) is 0.667.